The first-order valence-electron chi connectivity index (χ1n) is 10.3. The van der Waals surface area contributed by atoms with Crippen molar-refractivity contribution in [2.24, 2.45) is 5.92 Å². The van der Waals surface area contributed by atoms with E-state index in [-0.39, 0.29) is 11.8 Å². The molecule has 4 rings (SSSR count). The van der Waals surface area contributed by atoms with Gasteiger partial charge in [-0.25, -0.2) is 9.97 Å². The SMILES string of the molecule is CCOc1nc2ccccc2nc1N1CCC[C@@H](C(=O)Nc2cccc(Cl)c2C)C1. The van der Waals surface area contributed by atoms with Crippen molar-refractivity contribution < 1.29 is 9.53 Å². The third-order valence-electron chi connectivity index (χ3n) is 5.42. The van der Waals surface area contributed by atoms with E-state index in [1.165, 1.54) is 0 Å². The zero-order valence-electron chi connectivity index (χ0n) is 17.2. The maximum atomic E-state index is 13.0. The van der Waals surface area contributed by atoms with Crippen LogP contribution in [0.4, 0.5) is 11.5 Å². The monoisotopic (exact) mass is 424 g/mol. The highest BCUT2D eigenvalue weighted by molar-refractivity contribution is 6.31. The van der Waals surface area contributed by atoms with Crippen molar-refractivity contribution in [3.63, 3.8) is 0 Å². The largest absolute Gasteiger partial charge is 0.475 e. The van der Waals surface area contributed by atoms with Gasteiger partial charge in [0, 0.05) is 23.8 Å². The molecule has 1 atom stereocenters. The molecule has 1 amide bonds. The molecule has 1 aliphatic heterocycles. The van der Waals surface area contributed by atoms with Crippen molar-refractivity contribution in [1.29, 1.82) is 0 Å². The first-order chi connectivity index (χ1) is 14.6. The Morgan fingerprint density at radius 2 is 1.97 bits per heavy atom. The van der Waals surface area contributed by atoms with Gasteiger partial charge in [-0.2, -0.15) is 0 Å². The van der Waals surface area contributed by atoms with E-state index in [2.05, 4.69) is 15.2 Å². The number of fused-ring (bicyclic) bond motifs is 1. The van der Waals surface area contributed by atoms with E-state index in [1.54, 1.807) is 0 Å². The molecule has 1 saturated heterocycles. The molecule has 0 bridgehead atoms. The second kappa shape index (κ2) is 8.88. The quantitative estimate of drug-likeness (QED) is 0.634. The number of hydrogen-bond acceptors (Lipinski definition) is 5. The number of anilines is 2. The van der Waals surface area contributed by atoms with E-state index in [0.717, 1.165) is 41.7 Å². The number of para-hydroxylation sites is 2. The fourth-order valence-corrected chi connectivity index (χ4v) is 3.95. The molecule has 2 heterocycles. The lowest BCUT2D eigenvalue weighted by Crippen LogP contribution is -2.41. The van der Waals surface area contributed by atoms with Crippen molar-refractivity contribution in [3.05, 3.63) is 53.1 Å². The average Bonchev–Trinajstić information content (AvgIpc) is 2.77. The highest BCUT2D eigenvalue weighted by Gasteiger charge is 2.29. The van der Waals surface area contributed by atoms with Crippen molar-refractivity contribution in [1.82, 2.24) is 9.97 Å². The summed E-state index contributed by atoms with van der Waals surface area (Å²) in [5, 5.41) is 3.69. The fourth-order valence-electron chi connectivity index (χ4n) is 3.78. The molecule has 7 heteroatoms. The maximum absolute atomic E-state index is 13.0. The Morgan fingerprint density at radius 3 is 2.73 bits per heavy atom. The van der Waals surface area contributed by atoms with E-state index in [4.69, 9.17) is 21.3 Å². The van der Waals surface area contributed by atoms with Crippen molar-refractivity contribution in [3.8, 4) is 5.88 Å². The molecule has 1 N–H and O–H groups in total. The van der Waals surface area contributed by atoms with E-state index in [1.807, 2.05) is 56.3 Å². The lowest BCUT2D eigenvalue weighted by molar-refractivity contribution is -0.120. The van der Waals surface area contributed by atoms with E-state index < -0.39 is 0 Å². The summed E-state index contributed by atoms with van der Waals surface area (Å²) in [5.74, 6) is 1.06. The molecule has 0 radical (unpaired) electrons. The standard InChI is InChI=1S/C23H25ClN4O2/c1-3-30-23-21(25-19-10-4-5-11-20(19)27-23)28-13-7-8-16(14-28)22(29)26-18-12-6-9-17(24)15(18)2/h4-6,9-12,16H,3,7-8,13-14H2,1-2H3,(H,26,29)/t16-/m1/s1. The molecular weight excluding hydrogens is 400 g/mol. The number of carbonyl (C=O) groups is 1. The van der Waals surface area contributed by atoms with Gasteiger partial charge in [0.2, 0.25) is 5.91 Å². The smallest absolute Gasteiger partial charge is 0.258 e. The van der Waals surface area contributed by atoms with E-state index in [9.17, 15) is 4.79 Å². The second-order valence-corrected chi connectivity index (χ2v) is 7.87. The van der Waals surface area contributed by atoms with Crippen LogP contribution in [0.3, 0.4) is 0 Å². The zero-order chi connectivity index (χ0) is 21.1. The number of hydrogen-bond donors (Lipinski definition) is 1. The average molecular weight is 425 g/mol. The highest BCUT2D eigenvalue weighted by atomic mass is 35.5. The van der Waals surface area contributed by atoms with Gasteiger partial charge >= 0.3 is 0 Å². The molecule has 1 aromatic heterocycles. The Morgan fingerprint density at radius 1 is 1.20 bits per heavy atom. The Balaban J connectivity index is 1.57. The van der Waals surface area contributed by atoms with Crippen LogP contribution in [0.15, 0.2) is 42.5 Å². The number of aromatic nitrogens is 2. The van der Waals surface area contributed by atoms with Crippen LogP contribution in [0.25, 0.3) is 11.0 Å². The summed E-state index contributed by atoms with van der Waals surface area (Å²) in [6, 6.07) is 13.3. The molecule has 0 unspecified atom stereocenters. The third kappa shape index (κ3) is 4.19. The lowest BCUT2D eigenvalue weighted by Gasteiger charge is -2.33. The van der Waals surface area contributed by atoms with Crippen LogP contribution in [0.5, 0.6) is 5.88 Å². The first-order valence-corrected chi connectivity index (χ1v) is 10.6. The van der Waals surface area contributed by atoms with Crippen molar-refractivity contribution >= 4 is 40.0 Å². The van der Waals surface area contributed by atoms with Crippen LogP contribution in [0.2, 0.25) is 5.02 Å². The number of nitrogens with zero attached hydrogens (tertiary/aromatic N) is 3. The number of rotatable bonds is 5. The lowest BCUT2D eigenvalue weighted by atomic mass is 9.97. The maximum Gasteiger partial charge on any atom is 0.258 e. The van der Waals surface area contributed by atoms with Crippen LogP contribution < -0.4 is 15.0 Å². The Labute approximate surface area is 181 Å². The van der Waals surface area contributed by atoms with Gasteiger partial charge in [0.1, 0.15) is 0 Å². The van der Waals surface area contributed by atoms with Gasteiger partial charge in [-0.1, -0.05) is 29.8 Å². The van der Waals surface area contributed by atoms with Crippen LogP contribution in [-0.2, 0) is 4.79 Å². The predicted molar refractivity (Wildman–Crippen MR) is 120 cm³/mol. The van der Waals surface area contributed by atoms with Gasteiger partial charge < -0.3 is 15.0 Å². The molecule has 0 spiro atoms. The summed E-state index contributed by atoms with van der Waals surface area (Å²) in [5.41, 5.74) is 3.24. The molecule has 2 aromatic carbocycles. The summed E-state index contributed by atoms with van der Waals surface area (Å²) >= 11 is 6.19. The first kappa shape index (κ1) is 20.4. The van der Waals surface area contributed by atoms with Crippen LogP contribution in [0.1, 0.15) is 25.3 Å². The van der Waals surface area contributed by atoms with Crippen LogP contribution in [-0.4, -0.2) is 35.6 Å². The van der Waals surface area contributed by atoms with Gasteiger partial charge in [0.15, 0.2) is 5.82 Å². The summed E-state index contributed by atoms with van der Waals surface area (Å²) in [6.07, 6.45) is 1.72. The number of nitrogens with one attached hydrogen (secondary N) is 1. The molecule has 0 aliphatic carbocycles. The summed E-state index contributed by atoms with van der Waals surface area (Å²) in [7, 11) is 0. The Bertz CT molecular complexity index is 1070. The second-order valence-electron chi connectivity index (χ2n) is 7.46. The fraction of sp³-hybridized carbons (Fsp3) is 0.348. The Kier molecular flexibility index (Phi) is 6.04. The van der Waals surface area contributed by atoms with Crippen molar-refractivity contribution in [2.75, 3.05) is 29.9 Å². The minimum absolute atomic E-state index is 0.00299. The number of halogens is 1. The topological polar surface area (TPSA) is 67.4 Å². The molecule has 6 nitrogen and oxygen atoms in total. The van der Waals surface area contributed by atoms with Crippen LogP contribution in [0, 0.1) is 12.8 Å². The molecule has 1 aliphatic rings. The summed E-state index contributed by atoms with van der Waals surface area (Å²) < 4.78 is 5.79. The number of carbonyl (C=O) groups excluding carboxylic acids is 1. The molecule has 0 saturated carbocycles. The number of amides is 1. The molecule has 156 valence electrons. The van der Waals surface area contributed by atoms with Gasteiger partial charge in [0.05, 0.1) is 23.6 Å². The van der Waals surface area contributed by atoms with E-state index >= 15 is 0 Å². The normalized spacial score (nSPS) is 16.5. The van der Waals surface area contributed by atoms with Gasteiger partial charge in [-0.05, 0) is 56.5 Å². The zero-order valence-corrected chi connectivity index (χ0v) is 17.9. The highest BCUT2D eigenvalue weighted by Crippen LogP contribution is 2.31. The Hall–Kier alpha value is -2.86. The number of benzene rings is 2. The molecule has 1 fully saturated rings. The van der Waals surface area contributed by atoms with Crippen LogP contribution >= 0.6 is 11.6 Å². The molecule has 3 aromatic rings. The third-order valence-corrected chi connectivity index (χ3v) is 5.83. The van der Waals surface area contributed by atoms with Crippen molar-refractivity contribution in [2.45, 2.75) is 26.7 Å². The van der Waals surface area contributed by atoms with Gasteiger partial charge in [-0.3, -0.25) is 4.79 Å². The minimum atomic E-state index is -0.153. The molecular formula is C23H25ClN4O2. The van der Waals surface area contributed by atoms with Gasteiger partial charge in [0.25, 0.3) is 5.88 Å². The summed E-state index contributed by atoms with van der Waals surface area (Å²) in [6.45, 7) is 5.72. The summed E-state index contributed by atoms with van der Waals surface area (Å²) in [4.78, 5) is 24.6. The molecule has 30 heavy (non-hydrogen) atoms. The van der Waals surface area contributed by atoms with E-state index in [0.29, 0.717) is 29.9 Å². The number of piperidine rings is 1. The minimum Gasteiger partial charge on any atom is -0.475 e. The van der Waals surface area contributed by atoms with Gasteiger partial charge in [-0.15, -0.1) is 0 Å². The number of ether oxygens (including phenoxy) is 1. The predicted octanol–water partition coefficient (Wildman–Crippen LogP) is 4.85.